The van der Waals surface area contributed by atoms with Crippen LogP contribution in [0.4, 0.5) is 10.5 Å². The van der Waals surface area contributed by atoms with Crippen molar-refractivity contribution in [3.63, 3.8) is 0 Å². The quantitative estimate of drug-likeness (QED) is 0.396. The maximum absolute atomic E-state index is 12.1. The topological polar surface area (TPSA) is 106 Å². The first-order valence-electron chi connectivity index (χ1n) is 7.85. The Labute approximate surface area is 148 Å². The van der Waals surface area contributed by atoms with Crippen LogP contribution in [-0.4, -0.2) is 32.4 Å². The summed E-state index contributed by atoms with van der Waals surface area (Å²) in [5.41, 5.74) is 8.99. The number of cyclic esters (lactones) is 1. The summed E-state index contributed by atoms with van der Waals surface area (Å²) in [7, 11) is 1.55. The number of methoxy groups -OCH3 is 1. The van der Waals surface area contributed by atoms with Crippen molar-refractivity contribution < 1.29 is 23.7 Å². The van der Waals surface area contributed by atoms with Crippen molar-refractivity contribution in [3.8, 4) is 28.7 Å². The second-order valence-electron chi connectivity index (χ2n) is 5.65. The zero-order chi connectivity index (χ0) is 18.1. The summed E-state index contributed by atoms with van der Waals surface area (Å²) in [6.07, 6.45) is -0.981. The summed E-state index contributed by atoms with van der Waals surface area (Å²) in [5, 5.41) is 3.45. The number of ether oxygens (including phenoxy) is 4. The third kappa shape index (κ3) is 2.70. The van der Waals surface area contributed by atoms with Gasteiger partial charge in [-0.25, -0.2) is 4.79 Å². The summed E-state index contributed by atoms with van der Waals surface area (Å²) >= 11 is 0. The van der Waals surface area contributed by atoms with Gasteiger partial charge >= 0.3 is 6.09 Å². The molecule has 1 fully saturated rings. The summed E-state index contributed by atoms with van der Waals surface area (Å²) in [6, 6.07) is 10.5. The zero-order valence-corrected chi connectivity index (χ0v) is 13.8. The van der Waals surface area contributed by atoms with E-state index in [1.54, 1.807) is 37.4 Å². The Bertz CT molecular complexity index is 925. The monoisotopic (exact) mass is 354 g/mol. The van der Waals surface area contributed by atoms with E-state index in [2.05, 4.69) is 10.0 Å². The second-order valence-corrected chi connectivity index (χ2v) is 5.65. The number of carbonyl (C=O) groups excluding carboxylic acids is 1. The van der Waals surface area contributed by atoms with Crippen molar-refractivity contribution in [1.29, 1.82) is 0 Å². The maximum Gasteiger partial charge on any atom is 0.414 e. The Kier molecular flexibility index (Phi) is 3.91. The number of azide groups is 1. The Morgan fingerprint density at radius 3 is 2.96 bits per heavy atom. The fraction of sp³-hybridized carbons (Fsp3) is 0.235. The number of benzene rings is 2. The number of nitrogens with zero attached hydrogens (tertiary/aromatic N) is 4. The molecule has 0 N–H and O–H groups in total. The number of rotatable bonds is 4. The fourth-order valence-corrected chi connectivity index (χ4v) is 2.85. The van der Waals surface area contributed by atoms with Crippen molar-refractivity contribution >= 4 is 11.8 Å². The number of para-hydroxylation sites is 1. The number of fused-ring (bicyclic) bond motifs is 2. The largest absolute Gasteiger partial charge is 0.493 e. The lowest BCUT2D eigenvalue weighted by Crippen LogP contribution is -2.25. The van der Waals surface area contributed by atoms with Gasteiger partial charge in [-0.05, 0) is 29.8 Å². The van der Waals surface area contributed by atoms with Gasteiger partial charge in [0.15, 0.2) is 23.0 Å². The summed E-state index contributed by atoms with van der Waals surface area (Å²) < 4.78 is 22.3. The third-order valence-electron chi connectivity index (χ3n) is 4.06. The van der Waals surface area contributed by atoms with Crippen LogP contribution in [0, 0.1) is 0 Å². The highest BCUT2D eigenvalue weighted by molar-refractivity contribution is 5.90. The first-order valence-corrected chi connectivity index (χ1v) is 7.85. The molecule has 2 aromatic rings. The number of carbonyl (C=O) groups is 1. The van der Waals surface area contributed by atoms with E-state index in [9.17, 15) is 4.79 Å². The van der Waals surface area contributed by atoms with Crippen LogP contribution in [0.1, 0.15) is 0 Å². The summed E-state index contributed by atoms with van der Waals surface area (Å²) in [6.45, 7) is 0.380. The third-order valence-corrected chi connectivity index (χ3v) is 4.06. The van der Waals surface area contributed by atoms with Crippen LogP contribution in [0.3, 0.4) is 0 Å². The van der Waals surface area contributed by atoms with E-state index in [0.29, 0.717) is 34.4 Å². The molecular formula is C17H14N4O5. The van der Waals surface area contributed by atoms with Crippen LogP contribution in [0.15, 0.2) is 41.5 Å². The average Bonchev–Trinajstić information content (AvgIpc) is 3.04. The number of hydrogen-bond donors (Lipinski definition) is 0. The smallest absolute Gasteiger partial charge is 0.414 e. The van der Waals surface area contributed by atoms with Crippen LogP contribution in [0.5, 0.6) is 28.7 Å². The average molecular weight is 354 g/mol. The van der Waals surface area contributed by atoms with Gasteiger partial charge in [0.25, 0.3) is 0 Å². The summed E-state index contributed by atoms with van der Waals surface area (Å²) in [5.74, 6) is 2.58. The van der Waals surface area contributed by atoms with Crippen molar-refractivity contribution in [1.82, 2.24) is 0 Å². The minimum Gasteiger partial charge on any atom is -0.493 e. The highest BCUT2D eigenvalue weighted by atomic mass is 16.6. The SMILES string of the molecule is COc1cccc2c1Oc1cc(N3C[C@H](CN=[N+]=[N-])OC3=O)ccc1O2. The highest BCUT2D eigenvalue weighted by Gasteiger charge is 2.33. The lowest BCUT2D eigenvalue weighted by Gasteiger charge is -2.23. The van der Waals surface area contributed by atoms with Crippen LogP contribution >= 0.6 is 0 Å². The van der Waals surface area contributed by atoms with Gasteiger partial charge in [-0.2, -0.15) is 0 Å². The second kappa shape index (κ2) is 6.38. The minimum absolute atomic E-state index is 0.0911. The van der Waals surface area contributed by atoms with E-state index >= 15 is 0 Å². The predicted octanol–water partition coefficient (Wildman–Crippen LogP) is 4.23. The van der Waals surface area contributed by atoms with Crippen molar-refractivity contribution in [2.45, 2.75) is 6.10 Å². The Balaban J connectivity index is 1.61. The van der Waals surface area contributed by atoms with Crippen LogP contribution in [-0.2, 0) is 4.74 Å². The molecule has 0 spiro atoms. The van der Waals surface area contributed by atoms with Gasteiger partial charge in [-0.15, -0.1) is 0 Å². The standard InChI is InChI=1S/C17H14N4O5/c1-23-13-3-2-4-14-16(13)26-15-7-10(5-6-12(15)25-14)21-9-11(8-19-20-18)24-17(21)22/h2-7,11H,8-9H2,1H3/t11-/m0/s1. The molecule has 1 saturated heterocycles. The molecule has 132 valence electrons. The fourth-order valence-electron chi connectivity index (χ4n) is 2.85. The molecule has 0 saturated carbocycles. The van der Waals surface area contributed by atoms with Crippen molar-refractivity contribution in [2.24, 2.45) is 5.11 Å². The van der Waals surface area contributed by atoms with Gasteiger partial charge in [0.05, 0.1) is 25.9 Å². The van der Waals surface area contributed by atoms with E-state index in [4.69, 9.17) is 24.5 Å². The van der Waals surface area contributed by atoms with E-state index in [1.165, 1.54) is 4.90 Å². The lowest BCUT2D eigenvalue weighted by molar-refractivity contribution is 0.145. The van der Waals surface area contributed by atoms with Gasteiger partial charge in [0, 0.05) is 11.0 Å². The van der Waals surface area contributed by atoms with Gasteiger partial charge < -0.3 is 18.9 Å². The minimum atomic E-state index is -0.502. The first kappa shape index (κ1) is 15.9. The van der Waals surface area contributed by atoms with Crippen LogP contribution in [0.25, 0.3) is 10.4 Å². The number of amides is 1. The Morgan fingerprint density at radius 2 is 2.15 bits per heavy atom. The van der Waals surface area contributed by atoms with E-state index in [-0.39, 0.29) is 13.1 Å². The molecule has 2 aliphatic rings. The molecular weight excluding hydrogens is 340 g/mol. The first-order chi connectivity index (χ1) is 12.7. The number of hydrogen-bond acceptors (Lipinski definition) is 6. The molecule has 4 rings (SSSR count). The van der Waals surface area contributed by atoms with Gasteiger partial charge in [0.2, 0.25) is 5.75 Å². The van der Waals surface area contributed by atoms with Crippen LogP contribution < -0.4 is 19.1 Å². The molecule has 0 unspecified atom stereocenters. The molecule has 2 heterocycles. The predicted molar refractivity (Wildman–Crippen MR) is 91.2 cm³/mol. The summed E-state index contributed by atoms with van der Waals surface area (Å²) in [4.78, 5) is 16.2. The van der Waals surface area contributed by atoms with Gasteiger partial charge in [-0.1, -0.05) is 11.2 Å². The zero-order valence-electron chi connectivity index (χ0n) is 13.8. The van der Waals surface area contributed by atoms with Crippen molar-refractivity contribution in [2.75, 3.05) is 25.1 Å². The molecule has 0 aromatic heterocycles. The maximum atomic E-state index is 12.1. The molecule has 0 radical (unpaired) electrons. The lowest BCUT2D eigenvalue weighted by atomic mass is 10.2. The molecule has 2 aromatic carbocycles. The normalized spacial score (nSPS) is 17.2. The molecule has 9 nitrogen and oxygen atoms in total. The molecule has 9 heteroatoms. The molecule has 0 aliphatic carbocycles. The molecule has 0 bridgehead atoms. The molecule has 26 heavy (non-hydrogen) atoms. The van der Waals surface area contributed by atoms with E-state index in [1.807, 2.05) is 6.07 Å². The van der Waals surface area contributed by atoms with E-state index < -0.39 is 12.2 Å². The van der Waals surface area contributed by atoms with Crippen LogP contribution in [0.2, 0.25) is 0 Å². The Morgan fingerprint density at radius 1 is 1.27 bits per heavy atom. The highest BCUT2D eigenvalue weighted by Crippen LogP contribution is 2.50. The van der Waals surface area contributed by atoms with E-state index in [0.717, 1.165) is 0 Å². The Hall–Kier alpha value is -3.58. The van der Waals surface area contributed by atoms with Gasteiger partial charge in [0.1, 0.15) is 6.10 Å². The van der Waals surface area contributed by atoms with Crippen molar-refractivity contribution in [3.05, 3.63) is 46.8 Å². The molecule has 1 atom stereocenters. The molecule has 2 aliphatic heterocycles. The van der Waals surface area contributed by atoms with Gasteiger partial charge in [-0.3, -0.25) is 4.90 Å². The number of anilines is 1. The molecule has 1 amide bonds.